The number of pyridine rings is 2. The van der Waals surface area contributed by atoms with Crippen molar-refractivity contribution >= 4 is 61.8 Å². The van der Waals surface area contributed by atoms with Crippen molar-refractivity contribution in [2.75, 3.05) is 12.5 Å². The highest BCUT2D eigenvalue weighted by Crippen LogP contribution is 2.33. The van der Waals surface area contributed by atoms with E-state index in [-0.39, 0.29) is 6.10 Å². The molecule has 7 nitrogen and oxygen atoms in total. The molecule has 0 bridgehead atoms. The lowest BCUT2D eigenvalue weighted by Crippen LogP contribution is -2.05. The summed E-state index contributed by atoms with van der Waals surface area (Å²) in [5, 5.41) is 9.22. The lowest BCUT2D eigenvalue weighted by Gasteiger charge is -2.17. The Hall–Kier alpha value is -2.94. The molecule has 0 aliphatic rings. The summed E-state index contributed by atoms with van der Waals surface area (Å²) in [6.45, 7) is 1.88. The predicted octanol–water partition coefficient (Wildman–Crippen LogP) is 6.33. The molecule has 33 heavy (non-hydrogen) atoms. The van der Waals surface area contributed by atoms with Crippen LogP contribution in [0.1, 0.15) is 29.8 Å². The number of rotatable bonds is 6. The average molecular weight is 502 g/mol. The monoisotopic (exact) mass is 501 g/mol. The molecule has 0 amide bonds. The van der Waals surface area contributed by atoms with E-state index in [1.54, 1.807) is 37.2 Å². The molecule has 1 aromatic carbocycles. The molecule has 0 spiro atoms. The summed E-state index contributed by atoms with van der Waals surface area (Å²) in [4.78, 5) is 8.23. The van der Waals surface area contributed by atoms with Crippen LogP contribution in [0.15, 0.2) is 53.3 Å². The van der Waals surface area contributed by atoms with E-state index in [4.69, 9.17) is 27.9 Å². The first-order chi connectivity index (χ1) is 15.7. The predicted molar refractivity (Wildman–Crippen MR) is 135 cm³/mol. The first-order valence-corrected chi connectivity index (χ1v) is 13.0. The third kappa shape index (κ3) is 5.71. The van der Waals surface area contributed by atoms with E-state index in [9.17, 15) is 4.21 Å². The van der Waals surface area contributed by atoms with E-state index in [0.29, 0.717) is 27.2 Å². The molecule has 4 aromatic rings. The van der Waals surface area contributed by atoms with Gasteiger partial charge in [-0.2, -0.15) is 9.46 Å². The van der Waals surface area contributed by atoms with Crippen LogP contribution in [0.4, 0.5) is 5.82 Å². The van der Waals surface area contributed by atoms with E-state index in [0.717, 1.165) is 22.2 Å². The molecule has 10 heteroatoms. The standard InChI is InChI=1S/C23H21Cl2N5O2S/c1-14(23-18(24)12-26-13-19(23)25)32-16-6-8-21-17(10-16)20(28-29-21)7-4-15-5-9-22(27-11-15)30-33(2,3)31/h4-14H,1-3H3,(H,28,29)/b7-4+/t14-/m0/s1. The molecule has 3 heterocycles. The molecule has 0 aliphatic heterocycles. The Morgan fingerprint density at radius 3 is 2.52 bits per heavy atom. The van der Waals surface area contributed by atoms with Gasteiger partial charge in [-0.3, -0.25) is 10.1 Å². The molecule has 3 aromatic heterocycles. The van der Waals surface area contributed by atoms with Gasteiger partial charge in [0, 0.05) is 51.8 Å². The number of nitrogens with one attached hydrogen (secondary N) is 1. The van der Waals surface area contributed by atoms with Gasteiger partial charge in [-0.05, 0) is 48.9 Å². The van der Waals surface area contributed by atoms with Gasteiger partial charge in [-0.1, -0.05) is 29.3 Å². The topological polar surface area (TPSA) is 93.1 Å². The first kappa shape index (κ1) is 23.2. The van der Waals surface area contributed by atoms with Crippen LogP contribution in [0.2, 0.25) is 10.0 Å². The molecule has 0 unspecified atom stereocenters. The summed E-state index contributed by atoms with van der Waals surface area (Å²) in [7, 11) is -2.25. The van der Waals surface area contributed by atoms with Crippen molar-refractivity contribution in [2.24, 2.45) is 4.36 Å². The summed E-state index contributed by atoms with van der Waals surface area (Å²) < 4.78 is 22.0. The number of aromatic amines is 1. The summed E-state index contributed by atoms with van der Waals surface area (Å²) in [6, 6.07) is 9.28. The molecule has 0 radical (unpaired) electrons. The van der Waals surface area contributed by atoms with E-state index >= 15 is 0 Å². The number of ether oxygens (including phenoxy) is 1. The number of halogens is 2. The number of benzene rings is 1. The maximum atomic E-state index is 11.8. The van der Waals surface area contributed by atoms with Crippen LogP contribution in [0.3, 0.4) is 0 Å². The van der Waals surface area contributed by atoms with E-state index in [1.807, 2.05) is 43.3 Å². The largest absolute Gasteiger partial charge is 0.486 e. The minimum atomic E-state index is -2.25. The highest BCUT2D eigenvalue weighted by atomic mass is 35.5. The fourth-order valence-electron chi connectivity index (χ4n) is 3.24. The third-order valence-corrected chi connectivity index (χ3v) is 5.92. The van der Waals surface area contributed by atoms with Crippen molar-refractivity contribution in [2.45, 2.75) is 13.0 Å². The number of aromatic nitrogens is 4. The first-order valence-electron chi connectivity index (χ1n) is 9.94. The second kappa shape index (κ2) is 9.51. The number of hydrogen-bond donors (Lipinski definition) is 1. The van der Waals surface area contributed by atoms with Gasteiger partial charge in [0.05, 0.1) is 21.3 Å². The molecular weight excluding hydrogens is 481 g/mol. The smallest absolute Gasteiger partial charge is 0.161 e. The minimum Gasteiger partial charge on any atom is -0.486 e. The van der Waals surface area contributed by atoms with E-state index in [1.165, 1.54) is 0 Å². The maximum absolute atomic E-state index is 11.8. The van der Waals surface area contributed by atoms with Gasteiger partial charge in [-0.25, -0.2) is 9.19 Å². The van der Waals surface area contributed by atoms with Crippen LogP contribution in [0.25, 0.3) is 23.1 Å². The molecule has 1 atom stereocenters. The molecular formula is C23H21Cl2N5O2S. The second-order valence-corrected chi connectivity index (χ2v) is 11.0. The molecule has 0 aliphatic carbocycles. The van der Waals surface area contributed by atoms with Crippen LogP contribution >= 0.6 is 23.2 Å². The van der Waals surface area contributed by atoms with Gasteiger partial charge in [0.15, 0.2) is 5.82 Å². The number of nitrogens with zero attached hydrogens (tertiary/aromatic N) is 4. The Morgan fingerprint density at radius 2 is 1.85 bits per heavy atom. The van der Waals surface area contributed by atoms with E-state index < -0.39 is 9.73 Å². The number of hydrogen-bond acceptors (Lipinski definition) is 6. The van der Waals surface area contributed by atoms with Crippen LogP contribution < -0.4 is 4.74 Å². The maximum Gasteiger partial charge on any atom is 0.161 e. The minimum absolute atomic E-state index is 0.368. The Morgan fingerprint density at radius 1 is 1.09 bits per heavy atom. The zero-order valence-electron chi connectivity index (χ0n) is 18.1. The normalized spacial score (nSPS) is 12.9. The van der Waals surface area contributed by atoms with E-state index in [2.05, 4.69) is 24.5 Å². The Kier molecular flexibility index (Phi) is 6.69. The average Bonchev–Trinajstić information content (AvgIpc) is 3.14. The van der Waals surface area contributed by atoms with Gasteiger partial charge < -0.3 is 4.74 Å². The van der Waals surface area contributed by atoms with Gasteiger partial charge in [0.2, 0.25) is 0 Å². The molecule has 0 fully saturated rings. The van der Waals surface area contributed by atoms with Crippen molar-refractivity contribution in [1.82, 2.24) is 20.2 Å². The summed E-state index contributed by atoms with van der Waals surface area (Å²) >= 11 is 12.5. The molecule has 0 saturated heterocycles. The van der Waals surface area contributed by atoms with Crippen LogP contribution in [0, 0.1) is 0 Å². The fraction of sp³-hybridized carbons (Fsp3) is 0.174. The third-order valence-electron chi connectivity index (χ3n) is 4.69. The number of fused-ring (bicyclic) bond motifs is 1. The van der Waals surface area contributed by atoms with Gasteiger partial charge in [0.25, 0.3) is 0 Å². The Bertz CT molecular complexity index is 1430. The fourth-order valence-corrected chi connectivity index (χ4v) is 4.47. The molecule has 0 saturated carbocycles. The molecule has 4 rings (SSSR count). The Labute approximate surface area is 202 Å². The summed E-state index contributed by atoms with van der Waals surface area (Å²) in [6.07, 6.45) is 11.3. The molecule has 1 N–H and O–H groups in total. The Balaban J connectivity index is 1.56. The SMILES string of the molecule is C[C@H](Oc1ccc2[nH]nc(/C=C/c3ccc(N=S(C)(C)=O)nc3)c2c1)c1c(Cl)cncc1Cl. The van der Waals surface area contributed by atoms with Crippen molar-refractivity contribution in [3.05, 3.63) is 75.8 Å². The summed E-state index contributed by atoms with van der Waals surface area (Å²) in [5.74, 6) is 1.10. The summed E-state index contributed by atoms with van der Waals surface area (Å²) in [5.41, 5.74) is 3.18. The van der Waals surface area contributed by atoms with Crippen molar-refractivity contribution in [1.29, 1.82) is 0 Å². The van der Waals surface area contributed by atoms with Crippen molar-refractivity contribution in [3.63, 3.8) is 0 Å². The van der Waals surface area contributed by atoms with Crippen LogP contribution in [0.5, 0.6) is 5.75 Å². The van der Waals surface area contributed by atoms with Crippen molar-refractivity contribution < 1.29 is 8.95 Å². The zero-order valence-corrected chi connectivity index (χ0v) is 20.4. The quantitative estimate of drug-likeness (QED) is 0.333. The highest BCUT2D eigenvalue weighted by Gasteiger charge is 2.16. The lowest BCUT2D eigenvalue weighted by atomic mass is 10.1. The zero-order chi connectivity index (χ0) is 23.6. The lowest BCUT2D eigenvalue weighted by molar-refractivity contribution is 0.227. The van der Waals surface area contributed by atoms with Gasteiger partial charge >= 0.3 is 0 Å². The van der Waals surface area contributed by atoms with Crippen LogP contribution in [-0.2, 0) is 9.73 Å². The second-order valence-electron chi connectivity index (χ2n) is 7.65. The highest BCUT2D eigenvalue weighted by molar-refractivity contribution is 7.92. The molecule has 170 valence electrons. The van der Waals surface area contributed by atoms with Crippen molar-refractivity contribution in [3.8, 4) is 5.75 Å². The van der Waals surface area contributed by atoms with Gasteiger partial charge in [0.1, 0.15) is 11.9 Å². The van der Waals surface area contributed by atoms with Crippen LogP contribution in [-0.4, -0.2) is 36.9 Å². The van der Waals surface area contributed by atoms with Gasteiger partial charge in [-0.15, -0.1) is 0 Å². The number of H-pyrrole nitrogens is 1.